The average Bonchev–Trinajstić information content (AvgIpc) is 3.04. The van der Waals surface area contributed by atoms with Gasteiger partial charge in [-0.05, 0) is 43.7 Å². The number of primary amides is 1. The molecule has 1 saturated carbocycles. The van der Waals surface area contributed by atoms with Crippen molar-refractivity contribution in [3.05, 3.63) is 41.0 Å². The topological polar surface area (TPSA) is 106 Å². The predicted molar refractivity (Wildman–Crippen MR) is 95.7 cm³/mol. The van der Waals surface area contributed by atoms with Gasteiger partial charge in [-0.2, -0.15) is 0 Å². The Bertz CT molecular complexity index is 815. The van der Waals surface area contributed by atoms with Crippen LogP contribution in [0.1, 0.15) is 52.5 Å². The molecule has 0 unspecified atom stereocenters. The number of aryl methyl sites for hydroxylation is 2. The fourth-order valence-corrected chi connectivity index (χ4v) is 3.67. The zero-order chi connectivity index (χ0) is 17.4. The number of pyridine rings is 1. The minimum Gasteiger partial charge on any atom is -0.373 e. The van der Waals surface area contributed by atoms with E-state index >= 15 is 0 Å². The van der Waals surface area contributed by atoms with Gasteiger partial charge in [0.05, 0.1) is 5.56 Å². The van der Waals surface area contributed by atoms with Gasteiger partial charge < -0.3 is 16.4 Å². The van der Waals surface area contributed by atoms with E-state index in [2.05, 4.69) is 25.6 Å². The molecular formula is C18H22N6O. The summed E-state index contributed by atoms with van der Waals surface area (Å²) in [5, 5.41) is 6.45. The van der Waals surface area contributed by atoms with Crippen LogP contribution in [0.4, 0.5) is 11.6 Å². The Morgan fingerprint density at radius 2 is 2.08 bits per heavy atom. The maximum Gasteiger partial charge on any atom is 0.252 e. The van der Waals surface area contributed by atoms with Crippen LogP contribution in [-0.2, 0) is 12.8 Å². The molecule has 0 bridgehead atoms. The standard InChI is InChI=1S/C18H22N6O/c1-20-16-8-15(21-9-22-16)11-5-12(6-11)23-18-13(17(19)25)7-10-3-2-4-14(10)24-18/h7-9,11-12H,2-6H2,1H3,(H2,19,25)(H,23,24)(H,20,21,22). The molecule has 0 atom stereocenters. The fraction of sp³-hybridized carbons (Fsp3) is 0.444. The zero-order valence-corrected chi connectivity index (χ0v) is 14.2. The highest BCUT2D eigenvalue weighted by Crippen LogP contribution is 2.38. The summed E-state index contributed by atoms with van der Waals surface area (Å²) in [5.74, 6) is 1.45. The molecule has 0 aliphatic heterocycles. The lowest BCUT2D eigenvalue weighted by atomic mass is 9.78. The minimum absolute atomic E-state index is 0.281. The Kier molecular flexibility index (Phi) is 3.99. The SMILES string of the molecule is CNc1cc(C2CC(Nc3nc4c(cc3C(N)=O)CCC4)C2)ncn1. The number of carbonyl (C=O) groups is 1. The van der Waals surface area contributed by atoms with Crippen molar-refractivity contribution in [3.8, 4) is 0 Å². The van der Waals surface area contributed by atoms with E-state index in [4.69, 9.17) is 5.73 Å². The first-order chi connectivity index (χ1) is 12.1. The molecule has 2 aromatic rings. The smallest absolute Gasteiger partial charge is 0.252 e. The quantitative estimate of drug-likeness (QED) is 0.768. The first-order valence-corrected chi connectivity index (χ1v) is 8.73. The van der Waals surface area contributed by atoms with Crippen molar-refractivity contribution < 1.29 is 4.79 Å². The largest absolute Gasteiger partial charge is 0.373 e. The number of hydrogen-bond acceptors (Lipinski definition) is 6. The number of nitrogens with two attached hydrogens (primary N) is 1. The van der Waals surface area contributed by atoms with Crippen LogP contribution in [0.15, 0.2) is 18.5 Å². The lowest BCUT2D eigenvalue weighted by Crippen LogP contribution is -2.35. The third-order valence-corrected chi connectivity index (χ3v) is 5.16. The summed E-state index contributed by atoms with van der Waals surface area (Å²) in [4.78, 5) is 25.0. The molecule has 0 aromatic carbocycles. The highest BCUT2D eigenvalue weighted by atomic mass is 16.1. The van der Waals surface area contributed by atoms with Crippen LogP contribution < -0.4 is 16.4 Å². The summed E-state index contributed by atoms with van der Waals surface area (Å²) < 4.78 is 0. The van der Waals surface area contributed by atoms with Crippen LogP contribution in [0.5, 0.6) is 0 Å². The molecule has 0 radical (unpaired) electrons. The van der Waals surface area contributed by atoms with Crippen molar-refractivity contribution in [1.29, 1.82) is 0 Å². The second-order valence-corrected chi connectivity index (χ2v) is 6.80. The maximum atomic E-state index is 11.8. The Morgan fingerprint density at radius 3 is 2.84 bits per heavy atom. The minimum atomic E-state index is -0.421. The van der Waals surface area contributed by atoms with E-state index in [-0.39, 0.29) is 6.04 Å². The summed E-state index contributed by atoms with van der Waals surface area (Å²) in [6.07, 6.45) is 6.56. The molecule has 2 aliphatic carbocycles. The van der Waals surface area contributed by atoms with Crippen molar-refractivity contribution in [2.45, 2.75) is 44.1 Å². The molecule has 4 N–H and O–H groups in total. The number of aromatic nitrogens is 3. The lowest BCUT2D eigenvalue weighted by molar-refractivity contribution is 0.100. The van der Waals surface area contributed by atoms with Crippen molar-refractivity contribution >= 4 is 17.5 Å². The molecule has 7 heteroatoms. The van der Waals surface area contributed by atoms with Crippen LogP contribution in [0.3, 0.4) is 0 Å². The van der Waals surface area contributed by atoms with Crippen molar-refractivity contribution in [2.75, 3.05) is 17.7 Å². The summed E-state index contributed by atoms with van der Waals surface area (Å²) >= 11 is 0. The van der Waals surface area contributed by atoms with Crippen LogP contribution in [0, 0.1) is 0 Å². The molecular weight excluding hydrogens is 316 g/mol. The van der Waals surface area contributed by atoms with E-state index in [0.717, 1.165) is 54.9 Å². The fourth-order valence-electron chi connectivity index (χ4n) is 3.67. The summed E-state index contributed by atoms with van der Waals surface area (Å²) in [6, 6.07) is 4.19. The summed E-state index contributed by atoms with van der Waals surface area (Å²) in [7, 11) is 1.85. The molecule has 0 spiro atoms. The first-order valence-electron chi connectivity index (χ1n) is 8.73. The molecule has 2 heterocycles. The molecule has 2 aromatic heterocycles. The van der Waals surface area contributed by atoms with Gasteiger partial charge in [0, 0.05) is 36.5 Å². The van der Waals surface area contributed by atoms with E-state index in [1.54, 1.807) is 6.33 Å². The van der Waals surface area contributed by atoms with Crippen molar-refractivity contribution in [3.63, 3.8) is 0 Å². The van der Waals surface area contributed by atoms with Crippen molar-refractivity contribution in [2.24, 2.45) is 5.73 Å². The van der Waals surface area contributed by atoms with Gasteiger partial charge in [0.15, 0.2) is 0 Å². The Balaban J connectivity index is 1.46. The van der Waals surface area contributed by atoms with Crippen LogP contribution in [-0.4, -0.2) is 33.9 Å². The van der Waals surface area contributed by atoms with Gasteiger partial charge in [0.1, 0.15) is 18.0 Å². The molecule has 25 heavy (non-hydrogen) atoms. The number of anilines is 2. The zero-order valence-electron chi connectivity index (χ0n) is 14.2. The molecule has 2 aliphatic rings. The molecule has 130 valence electrons. The van der Waals surface area contributed by atoms with E-state index in [1.165, 1.54) is 0 Å². The summed E-state index contributed by atoms with van der Waals surface area (Å²) in [5.41, 5.74) is 9.36. The van der Waals surface area contributed by atoms with E-state index in [1.807, 2.05) is 19.2 Å². The Morgan fingerprint density at radius 1 is 1.24 bits per heavy atom. The Hall–Kier alpha value is -2.70. The van der Waals surface area contributed by atoms with Gasteiger partial charge >= 0.3 is 0 Å². The predicted octanol–water partition coefficient (Wildman–Crippen LogP) is 1.86. The van der Waals surface area contributed by atoms with Gasteiger partial charge in [-0.15, -0.1) is 0 Å². The Labute approximate surface area is 146 Å². The van der Waals surface area contributed by atoms with E-state index in [9.17, 15) is 4.79 Å². The maximum absolute atomic E-state index is 11.8. The van der Waals surface area contributed by atoms with Gasteiger partial charge in [0.25, 0.3) is 5.91 Å². The number of nitrogens with zero attached hydrogens (tertiary/aromatic N) is 3. The van der Waals surface area contributed by atoms with E-state index < -0.39 is 5.91 Å². The first kappa shape index (κ1) is 15.8. The highest BCUT2D eigenvalue weighted by molar-refractivity contribution is 5.98. The molecule has 4 rings (SSSR count). The van der Waals surface area contributed by atoms with Gasteiger partial charge in [-0.3, -0.25) is 4.79 Å². The van der Waals surface area contributed by atoms with Crippen LogP contribution >= 0.6 is 0 Å². The monoisotopic (exact) mass is 338 g/mol. The third kappa shape index (κ3) is 3.01. The molecule has 0 saturated heterocycles. The highest BCUT2D eigenvalue weighted by Gasteiger charge is 2.33. The second kappa shape index (κ2) is 6.31. The van der Waals surface area contributed by atoms with Crippen molar-refractivity contribution in [1.82, 2.24) is 15.0 Å². The number of rotatable bonds is 5. The second-order valence-electron chi connectivity index (χ2n) is 6.80. The average molecular weight is 338 g/mol. The number of nitrogens with one attached hydrogen (secondary N) is 2. The molecule has 1 fully saturated rings. The van der Waals surface area contributed by atoms with Crippen LogP contribution in [0.25, 0.3) is 0 Å². The number of carbonyl (C=O) groups excluding carboxylic acids is 1. The lowest BCUT2D eigenvalue weighted by Gasteiger charge is -2.36. The van der Waals surface area contributed by atoms with Crippen LogP contribution in [0.2, 0.25) is 0 Å². The number of hydrogen-bond donors (Lipinski definition) is 3. The summed E-state index contributed by atoms with van der Waals surface area (Å²) in [6.45, 7) is 0. The van der Waals surface area contributed by atoms with Gasteiger partial charge in [-0.25, -0.2) is 15.0 Å². The van der Waals surface area contributed by atoms with E-state index in [0.29, 0.717) is 17.3 Å². The molecule has 7 nitrogen and oxygen atoms in total. The molecule has 1 amide bonds. The number of fused-ring (bicyclic) bond motifs is 1. The normalized spacial score (nSPS) is 21.3. The van der Waals surface area contributed by atoms with Gasteiger partial charge in [-0.1, -0.05) is 0 Å². The van der Waals surface area contributed by atoms with Gasteiger partial charge in [0.2, 0.25) is 0 Å². The third-order valence-electron chi connectivity index (χ3n) is 5.16. The number of amides is 1.